The standard InChI is InChI=1S/C16H20Cl2N4/c17-15-16(18)22(10-21-15)14-7-5-13(6-8-14)20-9-11-1-3-12(19)4-2-11/h5-8,10-12,20H,1-4,9,19H2/t11-,12-. The van der Waals surface area contributed by atoms with Crippen LogP contribution in [0.15, 0.2) is 30.6 Å². The number of nitrogens with two attached hydrogens (primary N) is 1. The summed E-state index contributed by atoms with van der Waals surface area (Å²) in [4.78, 5) is 3.99. The fourth-order valence-electron chi connectivity index (χ4n) is 2.89. The molecule has 1 heterocycles. The van der Waals surface area contributed by atoms with Crippen LogP contribution in [0.5, 0.6) is 0 Å². The Morgan fingerprint density at radius 2 is 1.82 bits per heavy atom. The Labute approximate surface area is 140 Å². The first-order chi connectivity index (χ1) is 10.6. The number of hydrogen-bond donors (Lipinski definition) is 2. The second kappa shape index (κ2) is 6.90. The van der Waals surface area contributed by atoms with Crippen LogP contribution < -0.4 is 11.1 Å². The lowest BCUT2D eigenvalue weighted by atomic mass is 9.86. The molecule has 0 spiro atoms. The van der Waals surface area contributed by atoms with Crippen molar-refractivity contribution in [3.05, 3.63) is 40.9 Å². The van der Waals surface area contributed by atoms with Gasteiger partial charge in [0, 0.05) is 24.0 Å². The number of nitrogens with zero attached hydrogens (tertiary/aromatic N) is 2. The van der Waals surface area contributed by atoms with Gasteiger partial charge in [-0.25, -0.2) is 4.98 Å². The van der Waals surface area contributed by atoms with Crippen molar-refractivity contribution in [1.82, 2.24) is 9.55 Å². The average Bonchev–Trinajstić information content (AvgIpc) is 2.87. The molecule has 4 nitrogen and oxygen atoms in total. The molecule has 22 heavy (non-hydrogen) atoms. The number of benzene rings is 1. The third-order valence-electron chi connectivity index (χ3n) is 4.30. The van der Waals surface area contributed by atoms with Gasteiger partial charge in [-0.15, -0.1) is 0 Å². The molecule has 0 atom stereocenters. The largest absolute Gasteiger partial charge is 0.385 e. The summed E-state index contributed by atoms with van der Waals surface area (Å²) in [5.74, 6) is 0.723. The van der Waals surface area contributed by atoms with Crippen molar-refractivity contribution >= 4 is 28.9 Å². The van der Waals surface area contributed by atoms with E-state index in [2.05, 4.69) is 10.3 Å². The number of halogens is 2. The first-order valence-electron chi connectivity index (χ1n) is 7.61. The molecule has 1 fully saturated rings. The van der Waals surface area contributed by atoms with E-state index in [9.17, 15) is 0 Å². The highest BCUT2D eigenvalue weighted by molar-refractivity contribution is 6.40. The van der Waals surface area contributed by atoms with E-state index in [4.69, 9.17) is 28.9 Å². The lowest BCUT2D eigenvalue weighted by molar-refractivity contribution is 0.339. The molecule has 118 valence electrons. The first kappa shape index (κ1) is 15.7. The Bertz CT molecular complexity index is 616. The van der Waals surface area contributed by atoms with Gasteiger partial charge in [0.15, 0.2) is 10.3 Å². The van der Waals surface area contributed by atoms with E-state index >= 15 is 0 Å². The quantitative estimate of drug-likeness (QED) is 0.881. The summed E-state index contributed by atoms with van der Waals surface area (Å²) in [6.07, 6.45) is 6.35. The second-order valence-electron chi connectivity index (χ2n) is 5.90. The smallest absolute Gasteiger partial charge is 0.166 e. The predicted octanol–water partition coefficient (Wildman–Crippen LogP) is 4.11. The average molecular weight is 339 g/mol. The van der Waals surface area contributed by atoms with E-state index < -0.39 is 0 Å². The van der Waals surface area contributed by atoms with Gasteiger partial charge in [0.05, 0.1) is 0 Å². The van der Waals surface area contributed by atoms with E-state index in [0.717, 1.165) is 36.7 Å². The van der Waals surface area contributed by atoms with E-state index in [1.807, 2.05) is 24.3 Å². The van der Waals surface area contributed by atoms with Gasteiger partial charge in [0.25, 0.3) is 0 Å². The highest BCUT2D eigenvalue weighted by Gasteiger charge is 2.18. The zero-order chi connectivity index (χ0) is 15.5. The van der Waals surface area contributed by atoms with Crippen molar-refractivity contribution in [3.8, 4) is 5.69 Å². The zero-order valence-electron chi connectivity index (χ0n) is 12.3. The molecule has 6 heteroatoms. The number of rotatable bonds is 4. The molecule has 1 aliphatic carbocycles. The van der Waals surface area contributed by atoms with Crippen LogP contribution in [-0.2, 0) is 0 Å². The van der Waals surface area contributed by atoms with Gasteiger partial charge in [-0.2, -0.15) is 0 Å². The van der Waals surface area contributed by atoms with Crippen molar-refractivity contribution in [2.75, 3.05) is 11.9 Å². The molecule has 0 radical (unpaired) electrons. The normalized spacial score (nSPS) is 21.8. The van der Waals surface area contributed by atoms with E-state index in [0.29, 0.717) is 16.3 Å². The van der Waals surface area contributed by atoms with Gasteiger partial charge in [-0.3, -0.25) is 4.57 Å². The van der Waals surface area contributed by atoms with E-state index in [-0.39, 0.29) is 0 Å². The summed E-state index contributed by atoms with van der Waals surface area (Å²) in [6.45, 7) is 1.00. The summed E-state index contributed by atoms with van der Waals surface area (Å²) in [5.41, 5.74) is 8.00. The van der Waals surface area contributed by atoms with E-state index in [1.54, 1.807) is 10.9 Å². The van der Waals surface area contributed by atoms with Crippen LogP contribution in [0.1, 0.15) is 25.7 Å². The topological polar surface area (TPSA) is 55.9 Å². The molecule has 1 aromatic heterocycles. The minimum atomic E-state index is 0.319. The Morgan fingerprint density at radius 3 is 2.41 bits per heavy atom. The van der Waals surface area contributed by atoms with E-state index in [1.165, 1.54) is 12.8 Å². The van der Waals surface area contributed by atoms with Crippen LogP contribution >= 0.6 is 23.2 Å². The summed E-state index contributed by atoms with van der Waals surface area (Å²) in [5, 5.41) is 4.25. The predicted molar refractivity (Wildman–Crippen MR) is 92.0 cm³/mol. The summed E-state index contributed by atoms with van der Waals surface area (Å²) in [7, 11) is 0. The Kier molecular flexibility index (Phi) is 4.91. The summed E-state index contributed by atoms with van der Waals surface area (Å²) < 4.78 is 1.76. The number of hydrogen-bond acceptors (Lipinski definition) is 3. The van der Waals surface area contributed by atoms with Crippen LogP contribution in [0.2, 0.25) is 10.3 Å². The molecule has 2 aromatic rings. The number of nitrogens with one attached hydrogen (secondary N) is 1. The summed E-state index contributed by atoms with van der Waals surface area (Å²) in [6, 6.07) is 8.51. The van der Waals surface area contributed by atoms with Gasteiger partial charge >= 0.3 is 0 Å². The van der Waals surface area contributed by atoms with Crippen molar-refractivity contribution < 1.29 is 0 Å². The van der Waals surface area contributed by atoms with Crippen molar-refractivity contribution in [2.24, 2.45) is 11.7 Å². The Morgan fingerprint density at radius 1 is 1.14 bits per heavy atom. The van der Waals surface area contributed by atoms with Crippen LogP contribution in [0.4, 0.5) is 5.69 Å². The molecule has 1 saturated carbocycles. The third-order valence-corrected chi connectivity index (χ3v) is 5.03. The molecule has 3 rings (SSSR count). The molecule has 1 aromatic carbocycles. The maximum absolute atomic E-state index is 6.10. The molecule has 0 unspecified atom stereocenters. The zero-order valence-corrected chi connectivity index (χ0v) is 13.8. The van der Waals surface area contributed by atoms with Crippen LogP contribution in [0.25, 0.3) is 5.69 Å². The molecule has 0 aliphatic heterocycles. The molecular formula is C16H20Cl2N4. The second-order valence-corrected chi connectivity index (χ2v) is 6.62. The van der Waals surface area contributed by atoms with Crippen molar-refractivity contribution in [3.63, 3.8) is 0 Å². The van der Waals surface area contributed by atoms with Crippen molar-refractivity contribution in [2.45, 2.75) is 31.7 Å². The monoisotopic (exact) mass is 338 g/mol. The fourth-order valence-corrected chi connectivity index (χ4v) is 3.21. The van der Waals surface area contributed by atoms with Gasteiger partial charge in [0.1, 0.15) is 6.33 Å². The molecule has 0 bridgehead atoms. The maximum atomic E-state index is 6.10. The van der Waals surface area contributed by atoms with Crippen molar-refractivity contribution in [1.29, 1.82) is 0 Å². The minimum absolute atomic E-state index is 0.319. The SMILES string of the molecule is N[C@H]1CC[C@H](CNc2ccc(-n3cnc(Cl)c3Cl)cc2)CC1. The lowest BCUT2D eigenvalue weighted by Crippen LogP contribution is -2.29. The molecule has 1 aliphatic rings. The fraction of sp³-hybridized carbons (Fsp3) is 0.438. The minimum Gasteiger partial charge on any atom is -0.385 e. The Hall–Kier alpha value is -1.23. The highest BCUT2D eigenvalue weighted by atomic mass is 35.5. The van der Waals surface area contributed by atoms with Crippen LogP contribution in [0.3, 0.4) is 0 Å². The third kappa shape index (κ3) is 3.57. The summed E-state index contributed by atoms with van der Waals surface area (Å²) >= 11 is 12.0. The number of anilines is 1. The van der Waals surface area contributed by atoms with Gasteiger partial charge in [-0.1, -0.05) is 23.2 Å². The van der Waals surface area contributed by atoms with Gasteiger partial charge in [-0.05, 0) is 55.9 Å². The lowest BCUT2D eigenvalue weighted by Gasteiger charge is -2.26. The molecule has 3 N–H and O–H groups in total. The first-order valence-corrected chi connectivity index (χ1v) is 8.37. The highest BCUT2D eigenvalue weighted by Crippen LogP contribution is 2.26. The molecule has 0 saturated heterocycles. The molecular weight excluding hydrogens is 319 g/mol. The van der Waals surface area contributed by atoms with Gasteiger partial charge in [0.2, 0.25) is 0 Å². The molecule has 0 amide bonds. The maximum Gasteiger partial charge on any atom is 0.166 e. The van der Waals surface area contributed by atoms with Crippen LogP contribution in [0, 0.1) is 5.92 Å². The Balaban J connectivity index is 1.59. The van der Waals surface area contributed by atoms with Crippen LogP contribution in [-0.4, -0.2) is 22.1 Å². The number of imidazole rings is 1. The van der Waals surface area contributed by atoms with Gasteiger partial charge < -0.3 is 11.1 Å². The number of aromatic nitrogens is 2.